The fourth-order valence-corrected chi connectivity index (χ4v) is 2.71. The second-order valence-corrected chi connectivity index (χ2v) is 4.86. The van der Waals surface area contributed by atoms with Crippen LogP contribution in [-0.4, -0.2) is 34.1 Å². The molecule has 0 spiro atoms. The van der Waals surface area contributed by atoms with Crippen molar-refractivity contribution in [1.29, 1.82) is 0 Å². The minimum absolute atomic E-state index is 0.00660. The third-order valence-electron chi connectivity index (χ3n) is 3.32. The van der Waals surface area contributed by atoms with Crippen molar-refractivity contribution < 1.29 is 9.53 Å². The smallest absolute Gasteiger partial charge is 0.243 e. The molecule has 2 aromatic rings. The first-order valence-electron chi connectivity index (χ1n) is 6.13. The molecule has 6 nitrogen and oxygen atoms in total. The Morgan fingerprint density at radius 3 is 3.11 bits per heavy atom. The summed E-state index contributed by atoms with van der Waals surface area (Å²) in [6.07, 6.45) is 1.71. The van der Waals surface area contributed by atoms with E-state index in [2.05, 4.69) is 15.3 Å². The van der Waals surface area contributed by atoms with E-state index in [-0.39, 0.29) is 11.9 Å². The lowest BCUT2D eigenvalue weighted by Gasteiger charge is -2.23. The van der Waals surface area contributed by atoms with Crippen molar-refractivity contribution in [3.05, 3.63) is 16.9 Å². The van der Waals surface area contributed by atoms with E-state index in [1.54, 1.807) is 17.7 Å². The van der Waals surface area contributed by atoms with E-state index < -0.39 is 0 Å². The average Bonchev–Trinajstić information content (AvgIpc) is 2.74. The molecule has 0 bridgehead atoms. The number of imidazole rings is 1. The number of pyridine rings is 1. The fourth-order valence-electron chi connectivity index (χ4n) is 2.39. The molecule has 0 aliphatic carbocycles. The average molecular weight is 278 g/mol. The molecule has 3 heterocycles. The third kappa shape index (κ3) is 1.99. The SMILES string of the molecule is COc1ccc2[nH]c(=S)n(C3CCCNC3=O)c2n1. The first kappa shape index (κ1) is 12.2. The van der Waals surface area contributed by atoms with Gasteiger partial charge in [0, 0.05) is 12.6 Å². The number of ether oxygens (including phenoxy) is 1. The molecule has 1 aliphatic heterocycles. The van der Waals surface area contributed by atoms with Crippen LogP contribution in [0.2, 0.25) is 0 Å². The Morgan fingerprint density at radius 1 is 1.53 bits per heavy atom. The number of rotatable bonds is 2. The van der Waals surface area contributed by atoms with E-state index in [0.717, 1.165) is 24.9 Å². The van der Waals surface area contributed by atoms with Crippen molar-refractivity contribution in [3.8, 4) is 5.88 Å². The summed E-state index contributed by atoms with van der Waals surface area (Å²) in [5.41, 5.74) is 1.47. The zero-order valence-electron chi connectivity index (χ0n) is 10.5. The van der Waals surface area contributed by atoms with Crippen LogP contribution in [-0.2, 0) is 4.79 Å². The Labute approximate surface area is 114 Å². The molecule has 1 fully saturated rings. The summed E-state index contributed by atoms with van der Waals surface area (Å²) in [6.45, 7) is 0.724. The minimum Gasteiger partial charge on any atom is -0.481 e. The Hall–Kier alpha value is -1.89. The van der Waals surface area contributed by atoms with Crippen LogP contribution in [0.25, 0.3) is 11.2 Å². The number of fused-ring (bicyclic) bond motifs is 1. The summed E-state index contributed by atoms with van der Waals surface area (Å²) >= 11 is 5.31. The van der Waals surface area contributed by atoms with Crippen LogP contribution in [0.15, 0.2) is 12.1 Å². The zero-order chi connectivity index (χ0) is 13.4. The van der Waals surface area contributed by atoms with E-state index in [0.29, 0.717) is 16.3 Å². The molecule has 1 amide bonds. The number of nitrogens with one attached hydrogen (secondary N) is 2. The van der Waals surface area contributed by atoms with Crippen LogP contribution in [0.3, 0.4) is 0 Å². The van der Waals surface area contributed by atoms with E-state index >= 15 is 0 Å². The Bertz CT molecular complexity index is 691. The highest BCUT2D eigenvalue weighted by Crippen LogP contribution is 2.24. The highest BCUT2D eigenvalue weighted by atomic mass is 32.1. The molecule has 3 rings (SSSR count). The molecular weight excluding hydrogens is 264 g/mol. The lowest BCUT2D eigenvalue weighted by atomic mass is 10.1. The Morgan fingerprint density at radius 2 is 2.37 bits per heavy atom. The maximum absolute atomic E-state index is 12.0. The molecule has 2 N–H and O–H groups in total. The maximum Gasteiger partial charge on any atom is 0.243 e. The van der Waals surface area contributed by atoms with E-state index in [9.17, 15) is 4.79 Å². The van der Waals surface area contributed by atoms with Gasteiger partial charge in [-0.15, -0.1) is 0 Å². The summed E-state index contributed by atoms with van der Waals surface area (Å²) in [5.74, 6) is 0.499. The molecule has 1 atom stereocenters. The highest BCUT2D eigenvalue weighted by molar-refractivity contribution is 7.71. The van der Waals surface area contributed by atoms with Crippen molar-refractivity contribution in [1.82, 2.24) is 19.9 Å². The van der Waals surface area contributed by atoms with Crippen LogP contribution in [0.1, 0.15) is 18.9 Å². The van der Waals surface area contributed by atoms with Crippen LogP contribution in [0.4, 0.5) is 0 Å². The number of amides is 1. The van der Waals surface area contributed by atoms with Crippen molar-refractivity contribution in [2.24, 2.45) is 0 Å². The highest BCUT2D eigenvalue weighted by Gasteiger charge is 2.26. The predicted octanol–water partition coefficient (Wildman–Crippen LogP) is 1.55. The number of nitrogens with zero attached hydrogens (tertiary/aromatic N) is 2. The summed E-state index contributed by atoms with van der Waals surface area (Å²) < 4.78 is 7.42. The molecule has 2 aromatic heterocycles. The van der Waals surface area contributed by atoms with Crippen LogP contribution in [0, 0.1) is 4.77 Å². The number of hydrogen-bond acceptors (Lipinski definition) is 4. The summed E-state index contributed by atoms with van der Waals surface area (Å²) in [5, 5.41) is 2.86. The van der Waals surface area contributed by atoms with Crippen LogP contribution >= 0.6 is 12.2 Å². The molecule has 1 saturated heterocycles. The molecule has 0 saturated carbocycles. The largest absolute Gasteiger partial charge is 0.481 e. The van der Waals surface area contributed by atoms with E-state index in [1.165, 1.54) is 0 Å². The van der Waals surface area contributed by atoms with Gasteiger partial charge in [-0.1, -0.05) is 0 Å². The van der Waals surface area contributed by atoms with Gasteiger partial charge in [0.05, 0.1) is 12.6 Å². The molecule has 100 valence electrons. The minimum atomic E-state index is -0.297. The molecule has 0 radical (unpaired) electrons. The first-order valence-corrected chi connectivity index (χ1v) is 6.54. The number of hydrogen-bond donors (Lipinski definition) is 2. The van der Waals surface area contributed by atoms with Gasteiger partial charge in [0.25, 0.3) is 0 Å². The summed E-state index contributed by atoms with van der Waals surface area (Å²) in [7, 11) is 1.56. The van der Waals surface area contributed by atoms with E-state index in [1.807, 2.05) is 6.07 Å². The van der Waals surface area contributed by atoms with Gasteiger partial charge < -0.3 is 15.0 Å². The number of carbonyl (C=O) groups is 1. The van der Waals surface area contributed by atoms with Gasteiger partial charge in [0.15, 0.2) is 10.4 Å². The molecule has 7 heteroatoms. The Balaban J connectivity index is 2.18. The lowest BCUT2D eigenvalue weighted by molar-refractivity contribution is -0.125. The number of aromatic nitrogens is 3. The lowest BCUT2D eigenvalue weighted by Crippen LogP contribution is -2.38. The molecule has 0 aromatic carbocycles. The number of carbonyl (C=O) groups excluding carboxylic acids is 1. The van der Waals surface area contributed by atoms with Gasteiger partial charge in [-0.3, -0.25) is 9.36 Å². The first-order chi connectivity index (χ1) is 9.20. The normalized spacial score (nSPS) is 19.4. The van der Waals surface area contributed by atoms with Crippen molar-refractivity contribution in [2.45, 2.75) is 18.9 Å². The molecule has 19 heavy (non-hydrogen) atoms. The second kappa shape index (κ2) is 4.65. The summed E-state index contributed by atoms with van der Waals surface area (Å²) in [6, 6.07) is 3.32. The topological polar surface area (TPSA) is 71.9 Å². The fraction of sp³-hybridized carbons (Fsp3) is 0.417. The quantitative estimate of drug-likeness (QED) is 0.818. The van der Waals surface area contributed by atoms with Crippen molar-refractivity contribution >= 4 is 29.3 Å². The maximum atomic E-state index is 12.0. The Kier molecular flexibility index (Phi) is 2.98. The van der Waals surface area contributed by atoms with Crippen molar-refractivity contribution in [2.75, 3.05) is 13.7 Å². The number of piperidine rings is 1. The van der Waals surface area contributed by atoms with E-state index in [4.69, 9.17) is 17.0 Å². The molecule has 1 unspecified atom stereocenters. The predicted molar refractivity (Wildman–Crippen MR) is 72.8 cm³/mol. The standard InChI is InChI=1S/C12H14N4O2S/c1-18-9-5-4-7-10(15-9)16(12(19)14-7)8-3-2-6-13-11(8)17/h4-5,8H,2-3,6H2,1H3,(H,13,17)(H,14,19). The second-order valence-electron chi connectivity index (χ2n) is 4.47. The van der Waals surface area contributed by atoms with Gasteiger partial charge in [0.2, 0.25) is 11.8 Å². The summed E-state index contributed by atoms with van der Waals surface area (Å²) in [4.78, 5) is 19.5. The van der Waals surface area contributed by atoms with Crippen LogP contribution < -0.4 is 10.1 Å². The third-order valence-corrected chi connectivity index (χ3v) is 3.61. The molecular formula is C12H14N4O2S. The van der Waals surface area contributed by atoms with Gasteiger partial charge in [-0.25, -0.2) is 0 Å². The van der Waals surface area contributed by atoms with Gasteiger partial charge in [-0.05, 0) is 31.1 Å². The number of H-pyrrole nitrogens is 1. The number of aromatic amines is 1. The van der Waals surface area contributed by atoms with Gasteiger partial charge in [0.1, 0.15) is 6.04 Å². The van der Waals surface area contributed by atoms with Crippen molar-refractivity contribution in [3.63, 3.8) is 0 Å². The van der Waals surface area contributed by atoms with Crippen LogP contribution in [0.5, 0.6) is 5.88 Å². The van der Waals surface area contributed by atoms with Gasteiger partial charge in [-0.2, -0.15) is 4.98 Å². The number of methoxy groups -OCH3 is 1. The zero-order valence-corrected chi connectivity index (χ0v) is 11.3. The van der Waals surface area contributed by atoms with Gasteiger partial charge >= 0.3 is 0 Å². The monoisotopic (exact) mass is 278 g/mol. The molecule has 1 aliphatic rings.